The molecule has 2 amide bonds. The Hall–Kier alpha value is -3.20. The van der Waals surface area contributed by atoms with E-state index >= 15 is 0 Å². The van der Waals surface area contributed by atoms with Gasteiger partial charge in [-0.25, -0.2) is 4.39 Å². The molecule has 3 heterocycles. The minimum atomic E-state index is -0.365. The predicted molar refractivity (Wildman–Crippen MR) is 118 cm³/mol. The number of hydrogen-bond acceptors (Lipinski definition) is 6. The molecule has 1 aromatic heterocycles. The van der Waals surface area contributed by atoms with Gasteiger partial charge in [0.05, 0.1) is 17.4 Å². The van der Waals surface area contributed by atoms with Gasteiger partial charge in [0.2, 0.25) is 23.5 Å². The molecule has 0 bridgehead atoms. The number of benzene rings is 2. The number of para-hydroxylation sites is 1. The molecule has 7 nitrogen and oxygen atoms in total. The van der Waals surface area contributed by atoms with Crippen LogP contribution in [0.15, 0.2) is 57.9 Å². The summed E-state index contributed by atoms with van der Waals surface area (Å²) in [5, 5.41) is 3.99. The highest BCUT2D eigenvalue weighted by Gasteiger charge is 2.32. The van der Waals surface area contributed by atoms with Gasteiger partial charge in [0, 0.05) is 23.5 Å². The number of anilines is 1. The number of aromatic nitrogens is 2. The highest BCUT2D eigenvalue weighted by Crippen LogP contribution is 2.35. The van der Waals surface area contributed by atoms with Crippen molar-refractivity contribution in [2.75, 3.05) is 30.3 Å². The van der Waals surface area contributed by atoms with Gasteiger partial charge >= 0.3 is 0 Å². The van der Waals surface area contributed by atoms with Crippen molar-refractivity contribution in [2.45, 2.75) is 23.7 Å². The van der Waals surface area contributed by atoms with Crippen molar-refractivity contribution in [2.24, 2.45) is 0 Å². The molecule has 0 aliphatic carbocycles. The fraction of sp³-hybridized carbons (Fsp3) is 0.304. The third-order valence-corrected chi connectivity index (χ3v) is 6.80. The molecule has 2 aromatic carbocycles. The summed E-state index contributed by atoms with van der Waals surface area (Å²) >= 11 is 1.50. The minimum absolute atomic E-state index is 0.0154. The highest BCUT2D eigenvalue weighted by atomic mass is 32.2. The van der Waals surface area contributed by atoms with Gasteiger partial charge in [-0.15, -0.1) is 11.8 Å². The first-order chi connectivity index (χ1) is 15.6. The van der Waals surface area contributed by atoms with Crippen LogP contribution in [0, 0.1) is 5.82 Å². The fourth-order valence-corrected chi connectivity index (χ4v) is 5.05. The van der Waals surface area contributed by atoms with Crippen LogP contribution in [0.5, 0.6) is 0 Å². The molecule has 2 aliphatic heterocycles. The summed E-state index contributed by atoms with van der Waals surface area (Å²) in [6, 6.07) is 13.7. The average molecular weight is 453 g/mol. The predicted octanol–water partition coefficient (Wildman–Crippen LogP) is 3.72. The largest absolute Gasteiger partial charge is 0.340 e. The highest BCUT2D eigenvalue weighted by molar-refractivity contribution is 8.00. The first kappa shape index (κ1) is 20.7. The summed E-state index contributed by atoms with van der Waals surface area (Å²) in [6.45, 7) is 1.09. The third-order valence-electron chi connectivity index (χ3n) is 5.75. The SMILES string of the molecule is O=C(CN1C(=O)CSc2ccccc21)N1CCCC(c2nc(-c3cccc(F)c3)no2)C1. The van der Waals surface area contributed by atoms with Crippen LogP contribution in [0.1, 0.15) is 24.7 Å². The van der Waals surface area contributed by atoms with Crippen LogP contribution < -0.4 is 4.90 Å². The van der Waals surface area contributed by atoms with Crippen LogP contribution in [-0.4, -0.2) is 52.2 Å². The lowest BCUT2D eigenvalue weighted by Gasteiger charge is -2.34. The maximum Gasteiger partial charge on any atom is 0.242 e. The second-order valence-corrected chi connectivity index (χ2v) is 8.90. The molecule has 1 atom stereocenters. The number of hydrogen-bond donors (Lipinski definition) is 0. The summed E-state index contributed by atoms with van der Waals surface area (Å²) in [7, 11) is 0. The lowest BCUT2D eigenvalue weighted by molar-refractivity contribution is -0.132. The Bertz CT molecular complexity index is 1170. The van der Waals surface area contributed by atoms with Crippen molar-refractivity contribution >= 4 is 29.3 Å². The van der Waals surface area contributed by atoms with E-state index in [2.05, 4.69) is 10.1 Å². The summed E-state index contributed by atoms with van der Waals surface area (Å²) in [5.41, 5.74) is 1.33. The molecule has 1 fully saturated rings. The number of amides is 2. The molecule has 164 valence electrons. The van der Waals surface area contributed by atoms with Crippen LogP contribution in [0.4, 0.5) is 10.1 Å². The number of halogens is 1. The van der Waals surface area contributed by atoms with Crippen LogP contribution in [-0.2, 0) is 9.59 Å². The maximum absolute atomic E-state index is 13.5. The van der Waals surface area contributed by atoms with Gasteiger partial charge in [0.1, 0.15) is 12.4 Å². The van der Waals surface area contributed by atoms with Crippen molar-refractivity contribution < 1.29 is 18.5 Å². The number of carbonyl (C=O) groups is 2. The van der Waals surface area contributed by atoms with Gasteiger partial charge in [-0.05, 0) is 37.1 Å². The minimum Gasteiger partial charge on any atom is -0.340 e. The quantitative estimate of drug-likeness (QED) is 0.600. The normalized spacial score (nSPS) is 18.5. The lowest BCUT2D eigenvalue weighted by Crippen LogP contribution is -2.47. The summed E-state index contributed by atoms with van der Waals surface area (Å²) in [5.74, 6) is 0.478. The van der Waals surface area contributed by atoms with E-state index in [1.54, 1.807) is 21.9 Å². The molecule has 3 aromatic rings. The summed E-state index contributed by atoms with van der Waals surface area (Å²) < 4.78 is 19.0. The Balaban J connectivity index is 1.28. The van der Waals surface area contributed by atoms with Crippen molar-refractivity contribution in [1.29, 1.82) is 0 Å². The number of likely N-dealkylation sites (tertiary alicyclic amines) is 1. The van der Waals surface area contributed by atoms with Gasteiger partial charge < -0.3 is 14.3 Å². The van der Waals surface area contributed by atoms with Crippen molar-refractivity contribution in [3.8, 4) is 11.4 Å². The molecule has 0 N–H and O–H groups in total. The molecule has 0 spiro atoms. The van der Waals surface area contributed by atoms with Crippen LogP contribution in [0.2, 0.25) is 0 Å². The van der Waals surface area contributed by atoms with E-state index in [0.717, 1.165) is 23.4 Å². The topological polar surface area (TPSA) is 79.5 Å². The molecule has 0 saturated carbocycles. The monoisotopic (exact) mass is 452 g/mol. The molecular weight excluding hydrogens is 431 g/mol. The number of piperidine rings is 1. The van der Waals surface area contributed by atoms with Crippen molar-refractivity contribution in [3.63, 3.8) is 0 Å². The van der Waals surface area contributed by atoms with Gasteiger partial charge in [-0.3, -0.25) is 9.59 Å². The molecule has 32 heavy (non-hydrogen) atoms. The lowest BCUT2D eigenvalue weighted by atomic mass is 9.98. The standard InChI is InChI=1S/C23H21FN4O3S/c24-17-7-3-5-15(11-17)22-25-23(31-26-22)16-6-4-10-27(12-16)20(29)13-28-18-8-1-2-9-19(18)32-14-21(28)30/h1-3,5,7-9,11,16H,4,6,10,12-14H2. The zero-order chi connectivity index (χ0) is 22.1. The van der Waals surface area contributed by atoms with Gasteiger partial charge in [-0.2, -0.15) is 4.98 Å². The smallest absolute Gasteiger partial charge is 0.242 e. The second kappa shape index (κ2) is 8.74. The number of thioether (sulfide) groups is 1. The first-order valence-corrected chi connectivity index (χ1v) is 11.5. The molecule has 1 unspecified atom stereocenters. The molecule has 5 rings (SSSR count). The van der Waals surface area contributed by atoms with E-state index in [-0.39, 0.29) is 30.1 Å². The molecule has 9 heteroatoms. The zero-order valence-corrected chi connectivity index (χ0v) is 18.1. The number of nitrogens with zero attached hydrogens (tertiary/aromatic N) is 4. The fourth-order valence-electron chi connectivity index (χ4n) is 4.11. The van der Waals surface area contributed by atoms with E-state index in [1.165, 1.54) is 23.9 Å². The van der Waals surface area contributed by atoms with Crippen LogP contribution >= 0.6 is 11.8 Å². The van der Waals surface area contributed by atoms with Crippen molar-refractivity contribution in [1.82, 2.24) is 15.0 Å². The average Bonchev–Trinajstić information content (AvgIpc) is 3.31. The van der Waals surface area contributed by atoms with Gasteiger partial charge in [0.25, 0.3) is 0 Å². The third kappa shape index (κ3) is 4.12. The molecule has 2 aliphatic rings. The number of fused-ring (bicyclic) bond motifs is 1. The van der Waals surface area contributed by atoms with Crippen LogP contribution in [0.25, 0.3) is 11.4 Å². The van der Waals surface area contributed by atoms with Gasteiger partial charge in [-0.1, -0.05) is 29.4 Å². The van der Waals surface area contributed by atoms with Crippen LogP contribution in [0.3, 0.4) is 0 Å². The Labute approximate surface area is 188 Å². The molecular formula is C23H21FN4O3S. The van der Waals surface area contributed by atoms with E-state index < -0.39 is 0 Å². The van der Waals surface area contributed by atoms with Crippen molar-refractivity contribution in [3.05, 3.63) is 60.2 Å². The van der Waals surface area contributed by atoms with E-state index in [4.69, 9.17) is 4.52 Å². The van der Waals surface area contributed by atoms with E-state index in [0.29, 0.717) is 36.1 Å². The summed E-state index contributed by atoms with van der Waals surface area (Å²) in [6.07, 6.45) is 1.62. The Morgan fingerprint density at radius 1 is 1.22 bits per heavy atom. The van der Waals surface area contributed by atoms with Gasteiger partial charge in [0.15, 0.2) is 0 Å². The second-order valence-electron chi connectivity index (χ2n) is 7.88. The Kier molecular flexibility index (Phi) is 5.65. The molecule has 1 saturated heterocycles. The zero-order valence-electron chi connectivity index (χ0n) is 17.2. The number of rotatable bonds is 4. The van der Waals surface area contributed by atoms with E-state index in [9.17, 15) is 14.0 Å². The first-order valence-electron chi connectivity index (χ1n) is 10.5. The summed E-state index contributed by atoms with van der Waals surface area (Å²) in [4.78, 5) is 34.4. The Morgan fingerprint density at radius 2 is 2.09 bits per heavy atom. The Morgan fingerprint density at radius 3 is 2.97 bits per heavy atom. The maximum atomic E-state index is 13.5. The number of carbonyl (C=O) groups excluding carboxylic acids is 2. The molecule has 0 radical (unpaired) electrons. The van der Waals surface area contributed by atoms with E-state index in [1.807, 2.05) is 24.3 Å².